The lowest BCUT2D eigenvalue weighted by Gasteiger charge is -2.37. The van der Waals surface area contributed by atoms with E-state index in [1.807, 2.05) is 24.3 Å². The highest BCUT2D eigenvalue weighted by molar-refractivity contribution is 6.09. The predicted octanol–water partition coefficient (Wildman–Crippen LogP) is 2.50. The molecule has 1 unspecified atom stereocenters. The summed E-state index contributed by atoms with van der Waals surface area (Å²) in [4.78, 5) is 42.3. The van der Waals surface area contributed by atoms with Gasteiger partial charge in [0.2, 0.25) is 0 Å². The van der Waals surface area contributed by atoms with Crippen LogP contribution in [0.4, 0.5) is 5.69 Å². The summed E-state index contributed by atoms with van der Waals surface area (Å²) in [5.74, 6) is -0.360. The number of nitrogens with two attached hydrogens (primary N) is 1. The molecule has 2 amide bonds. The summed E-state index contributed by atoms with van der Waals surface area (Å²) in [6.07, 6.45) is 0.522. The highest BCUT2D eigenvalue weighted by atomic mass is 16.5. The smallest absolute Gasteiger partial charge is 0.252 e. The first-order chi connectivity index (χ1) is 17.9. The van der Waals surface area contributed by atoms with Gasteiger partial charge in [-0.1, -0.05) is 42.5 Å². The van der Waals surface area contributed by atoms with Crippen LogP contribution in [0.2, 0.25) is 0 Å². The Balaban J connectivity index is 1.32. The summed E-state index contributed by atoms with van der Waals surface area (Å²) >= 11 is 0. The van der Waals surface area contributed by atoms with Gasteiger partial charge in [0.15, 0.2) is 5.78 Å². The van der Waals surface area contributed by atoms with Gasteiger partial charge in [0, 0.05) is 60.5 Å². The van der Waals surface area contributed by atoms with Gasteiger partial charge >= 0.3 is 0 Å². The maximum absolute atomic E-state index is 13.0. The zero-order valence-corrected chi connectivity index (χ0v) is 20.8. The predicted molar refractivity (Wildman–Crippen MR) is 141 cm³/mol. The molecule has 0 aliphatic carbocycles. The summed E-state index contributed by atoms with van der Waals surface area (Å²) in [7, 11) is 2.10. The zero-order chi connectivity index (χ0) is 25.9. The van der Waals surface area contributed by atoms with Gasteiger partial charge in [-0.2, -0.15) is 0 Å². The minimum absolute atomic E-state index is 0.0912. The van der Waals surface area contributed by atoms with Crippen LogP contribution in [0.5, 0.6) is 5.75 Å². The molecule has 3 aromatic carbocycles. The number of ether oxygens (including phenoxy) is 1. The first-order valence-corrected chi connectivity index (χ1v) is 12.4. The van der Waals surface area contributed by atoms with E-state index in [0.29, 0.717) is 34.4 Å². The van der Waals surface area contributed by atoms with Crippen LogP contribution in [0, 0.1) is 0 Å². The second kappa shape index (κ2) is 10.4. The van der Waals surface area contributed by atoms with E-state index in [2.05, 4.69) is 22.2 Å². The van der Waals surface area contributed by atoms with Gasteiger partial charge in [-0.3, -0.25) is 14.4 Å². The van der Waals surface area contributed by atoms with Gasteiger partial charge < -0.3 is 25.6 Å². The van der Waals surface area contributed by atoms with Crippen LogP contribution >= 0.6 is 0 Å². The number of carbonyl (C=O) groups excluding carboxylic acids is 3. The normalized spacial score (nSPS) is 17.4. The lowest BCUT2D eigenvalue weighted by Crippen LogP contribution is -2.46. The van der Waals surface area contributed by atoms with Crippen molar-refractivity contribution in [3.8, 4) is 5.75 Å². The quantitative estimate of drug-likeness (QED) is 0.506. The molecule has 0 saturated carbocycles. The standard InChI is InChI=1S/C29H30N4O4/c1-32-13-15-33(16-14-32)25-12-11-23(28(30)35)27-24(25)17-22(18-37-27)31-29(36)21-9-7-20(8-10-21)26(34)19-5-3-2-4-6-19/h2-12,22H,13-18H2,1H3,(H2,30,35)(H,31,36). The summed E-state index contributed by atoms with van der Waals surface area (Å²) < 4.78 is 6.02. The van der Waals surface area contributed by atoms with E-state index >= 15 is 0 Å². The van der Waals surface area contributed by atoms with Crippen molar-refractivity contribution in [1.82, 2.24) is 10.2 Å². The second-order valence-electron chi connectivity index (χ2n) is 9.55. The fourth-order valence-corrected chi connectivity index (χ4v) is 4.90. The maximum Gasteiger partial charge on any atom is 0.252 e. The fraction of sp³-hybridized carbons (Fsp3) is 0.276. The van der Waals surface area contributed by atoms with Gasteiger partial charge in [-0.25, -0.2) is 0 Å². The molecule has 2 aliphatic heterocycles. The Morgan fingerprint density at radius 3 is 2.19 bits per heavy atom. The summed E-state index contributed by atoms with van der Waals surface area (Å²) in [6.45, 7) is 3.84. The number of likely N-dealkylation sites (N-methyl/N-ethyl adjacent to an activating group) is 1. The molecule has 8 nitrogen and oxygen atoms in total. The number of hydrogen-bond donors (Lipinski definition) is 2. The highest BCUT2D eigenvalue weighted by Crippen LogP contribution is 2.37. The Hall–Kier alpha value is -4.17. The van der Waals surface area contributed by atoms with Gasteiger partial charge in [0.1, 0.15) is 12.4 Å². The van der Waals surface area contributed by atoms with Crippen molar-refractivity contribution >= 4 is 23.3 Å². The van der Waals surface area contributed by atoms with Gasteiger partial charge in [0.25, 0.3) is 11.8 Å². The number of amides is 2. The molecule has 190 valence electrons. The molecule has 0 aromatic heterocycles. The molecule has 5 rings (SSSR count). The zero-order valence-electron chi connectivity index (χ0n) is 20.8. The number of hydrogen-bond acceptors (Lipinski definition) is 6. The molecule has 3 aromatic rings. The Morgan fingerprint density at radius 2 is 1.51 bits per heavy atom. The van der Waals surface area contributed by atoms with Crippen LogP contribution in [-0.2, 0) is 6.42 Å². The van der Waals surface area contributed by atoms with Crippen LogP contribution in [0.25, 0.3) is 0 Å². The van der Waals surface area contributed by atoms with E-state index in [1.54, 1.807) is 42.5 Å². The number of primary amides is 1. The highest BCUT2D eigenvalue weighted by Gasteiger charge is 2.30. The van der Waals surface area contributed by atoms with Gasteiger partial charge in [0.05, 0.1) is 11.6 Å². The first kappa shape index (κ1) is 24.5. The summed E-state index contributed by atoms with van der Waals surface area (Å²) in [5.41, 5.74) is 9.45. The summed E-state index contributed by atoms with van der Waals surface area (Å²) in [5, 5.41) is 3.05. The molecular weight excluding hydrogens is 468 g/mol. The van der Waals surface area contributed by atoms with Gasteiger partial charge in [-0.05, 0) is 31.3 Å². The Labute approximate surface area is 216 Å². The molecule has 1 fully saturated rings. The number of anilines is 1. The van der Waals surface area contributed by atoms with Crippen molar-refractivity contribution in [1.29, 1.82) is 0 Å². The van der Waals surface area contributed by atoms with Crippen molar-refractivity contribution in [3.05, 3.63) is 94.5 Å². The van der Waals surface area contributed by atoms with Crippen molar-refractivity contribution in [2.75, 3.05) is 44.7 Å². The average molecular weight is 499 g/mol. The molecule has 1 atom stereocenters. The van der Waals surface area contributed by atoms with Crippen molar-refractivity contribution in [3.63, 3.8) is 0 Å². The molecular formula is C29H30N4O4. The molecule has 8 heteroatoms. The fourth-order valence-electron chi connectivity index (χ4n) is 4.90. The van der Waals surface area contributed by atoms with Crippen LogP contribution in [-0.4, -0.2) is 68.4 Å². The molecule has 37 heavy (non-hydrogen) atoms. The molecule has 2 heterocycles. The number of piperazine rings is 1. The van der Waals surface area contributed by atoms with Crippen LogP contribution < -0.4 is 20.7 Å². The first-order valence-electron chi connectivity index (χ1n) is 12.4. The molecule has 0 bridgehead atoms. The van der Waals surface area contributed by atoms with Crippen LogP contribution in [0.3, 0.4) is 0 Å². The van der Waals surface area contributed by atoms with Gasteiger partial charge in [-0.15, -0.1) is 0 Å². The lowest BCUT2D eigenvalue weighted by molar-refractivity contribution is 0.0909. The molecule has 1 saturated heterocycles. The van der Waals surface area contributed by atoms with Crippen molar-refractivity contribution in [2.45, 2.75) is 12.5 Å². The molecule has 0 spiro atoms. The Bertz CT molecular complexity index is 1320. The van der Waals surface area contributed by atoms with E-state index in [4.69, 9.17) is 10.5 Å². The third-order valence-electron chi connectivity index (χ3n) is 7.01. The molecule has 2 aliphatic rings. The second-order valence-corrected chi connectivity index (χ2v) is 9.55. The Kier molecular flexibility index (Phi) is 6.92. The van der Waals surface area contributed by atoms with Crippen molar-refractivity contribution < 1.29 is 19.1 Å². The topological polar surface area (TPSA) is 105 Å². The SMILES string of the molecule is CN1CCN(c2ccc(C(N)=O)c3c2CC(NC(=O)c2ccc(C(=O)c4ccccc4)cc2)CO3)CC1. The van der Waals surface area contributed by atoms with E-state index < -0.39 is 5.91 Å². The number of nitrogens with one attached hydrogen (secondary N) is 1. The summed E-state index contributed by atoms with van der Waals surface area (Å²) in [6, 6.07) is 19.1. The van der Waals surface area contributed by atoms with E-state index in [-0.39, 0.29) is 24.3 Å². The number of fused-ring (bicyclic) bond motifs is 1. The third-order valence-corrected chi connectivity index (χ3v) is 7.01. The van der Waals surface area contributed by atoms with Crippen LogP contribution in [0.1, 0.15) is 42.2 Å². The number of ketones is 1. The third kappa shape index (κ3) is 5.20. The van der Waals surface area contributed by atoms with Crippen molar-refractivity contribution in [2.24, 2.45) is 5.73 Å². The van der Waals surface area contributed by atoms with Crippen LogP contribution in [0.15, 0.2) is 66.7 Å². The number of carbonyl (C=O) groups is 3. The number of benzene rings is 3. The average Bonchev–Trinajstić information content (AvgIpc) is 2.93. The lowest BCUT2D eigenvalue weighted by atomic mass is 9.95. The molecule has 3 N–H and O–H groups in total. The maximum atomic E-state index is 13.0. The molecule has 0 radical (unpaired) electrons. The number of rotatable bonds is 6. The number of nitrogens with zero attached hydrogens (tertiary/aromatic N) is 2. The van der Waals surface area contributed by atoms with E-state index in [9.17, 15) is 14.4 Å². The monoisotopic (exact) mass is 498 g/mol. The van der Waals surface area contributed by atoms with E-state index in [1.165, 1.54) is 0 Å². The Morgan fingerprint density at radius 1 is 0.865 bits per heavy atom. The largest absolute Gasteiger partial charge is 0.490 e. The van der Waals surface area contributed by atoms with E-state index in [0.717, 1.165) is 37.4 Å². The minimum Gasteiger partial charge on any atom is -0.490 e. The minimum atomic E-state index is -0.534.